The van der Waals surface area contributed by atoms with E-state index in [9.17, 15) is 9.90 Å². The van der Waals surface area contributed by atoms with Gasteiger partial charge < -0.3 is 14.4 Å². The van der Waals surface area contributed by atoms with Crippen molar-refractivity contribution in [3.63, 3.8) is 0 Å². The number of carboxylic acid groups (broad SMARTS) is 1. The number of unbranched alkanes of at least 4 members (excludes halogenated alkanes) is 14. The first-order valence-electron chi connectivity index (χ1n) is 15.6. The highest BCUT2D eigenvalue weighted by Crippen LogP contribution is 2.26. The van der Waals surface area contributed by atoms with Gasteiger partial charge in [-0.05, 0) is 77.0 Å². The van der Waals surface area contributed by atoms with E-state index >= 15 is 0 Å². The van der Waals surface area contributed by atoms with E-state index in [0.717, 1.165) is 25.3 Å². The predicted molar refractivity (Wildman–Crippen MR) is 152 cm³/mol. The van der Waals surface area contributed by atoms with E-state index in [4.69, 9.17) is 0 Å². The molecular formula is C32H63NO2. The van der Waals surface area contributed by atoms with E-state index in [1.807, 2.05) is 0 Å². The van der Waals surface area contributed by atoms with E-state index in [1.165, 1.54) is 133 Å². The zero-order chi connectivity index (χ0) is 26.0. The molecule has 0 aliphatic heterocycles. The van der Waals surface area contributed by atoms with Crippen LogP contribution >= 0.6 is 0 Å². The topological polar surface area (TPSA) is 40.1 Å². The minimum atomic E-state index is -0.914. The molecule has 0 aromatic carbocycles. The van der Waals surface area contributed by atoms with Crippen LogP contribution in [0.25, 0.3) is 0 Å². The largest absolute Gasteiger partial charge is 0.550 e. The van der Waals surface area contributed by atoms with Crippen molar-refractivity contribution in [3.05, 3.63) is 12.2 Å². The summed E-state index contributed by atoms with van der Waals surface area (Å²) in [7, 11) is 4.89. The van der Waals surface area contributed by atoms with Gasteiger partial charge in [-0.1, -0.05) is 96.6 Å². The maximum atomic E-state index is 10.2. The molecule has 35 heavy (non-hydrogen) atoms. The van der Waals surface area contributed by atoms with Gasteiger partial charge in [0.15, 0.2) is 0 Å². The molecule has 1 saturated carbocycles. The first-order chi connectivity index (χ1) is 16.9. The lowest BCUT2D eigenvalue weighted by Crippen LogP contribution is -2.50. The van der Waals surface area contributed by atoms with Crippen molar-refractivity contribution in [2.45, 2.75) is 168 Å². The summed E-state index contributed by atoms with van der Waals surface area (Å²) in [5, 5.41) is 10.2. The molecule has 0 N–H and O–H groups in total. The van der Waals surface area contributed by atoms with Crippen molar-refractivity contribution >= 4 is 5.97 Å². The lowest BCUT2D eigenvalue weighted by atomic mass is 9.93. The minimum absolute atomic E-state index is 0.220. The van der Waals surface area contributed by atoms with Crippen LogP contribution in [0.3, 0.4) is 0 Å². The maximum Gasteiger partial charge on any atom is 0.0886 e. The average Bonchev–Trinajstić information content (AvgIpc) is 2.85. The molecule has 0 unspecified atom stereocenters. The van der Waals surface area contributed by atoms with Crippen molar-refractivity contribution in [3.8, 4) is 0 Å². The fourth-order valence-corrected chi connectivity index (χ4v) is 5.25. The van der Waals surface area contributed by atoms with Gasteiger partial charge in [-0.2, -0.15) is 0 Å². The highest BCUT2D eigenvalue weighted by atomic mass is 16.4. The van der Waals surface area contributed by atoms with Crippen molar-refractivity contribution in [1.82, 2.24) is 0 Å². The second-order valence-corrected chi connectivity index (χ2v) is 11.6. The Kier molecular flexibility index (Phi) is 24.3. The van der Waals surface area contributed by atoms with Gasteiger partial charge in [-0.15, -0.1) is 0 Å². The van der Waals surface area contributed by atoms with Crippen LogP contribution in [0.4, 0.5) is 0 Å². The van der Waals surface area contributed by atoms with E-state index < -0.39 is 5.97 Å². The number of quaternary nitrogens is 1. The molecule has 0 bridgehead atoms. The summed E-state index contributed by atoms with van der Waals surface area (Å²) in [5.74, 6) is -0.914. The van der Waals surface area contributed by atoms with Gasteiger partial charge in [0.25, 0.3) is 0 Å². The van der Waals surface area contributed by atoms with E-state index in [0.29, 0.717) is 0 Å². The molecule has 1 fully saturated rings. The number of carboxylic acids is 1. The summed E-state index contributed by atoms with van der Waals surface area (Å²) >= 11 is 0. The van der Waals surface area contributed by atoms with Gasteiger partial charge in [0, 0.05) is 5.97 Å². The molecule has 0 spiro atoms. The fraction of sp³-hybridized carbons (Fsp3) is 0.906. The molecule has 1 rings (SSSR count). The molecule has 0 saturated heterocycles. The van der Waals surface area contributed by atoms with Crippen LogP contribution in [0.2, 0.25) is 0 Å². The molecular weight excluding hydrogens is 430 g/mol. The van der Waals surface area contributed by atoms with Gasteiger partial charge in [0.1, 0.15) is 0 Å². The predicted octanol–water partition coefficient (Wildman–Crippen LogP) is 8.75. The Labute approximate surface area is 220 Å². The summed E-state index contributed by atoms with van der Waals surface area (Å²) in [6.45, 7) is 5.94. The molecule has 1 aliphatic carbocycles. The number of carbonyl (C=O) groups excluding carboxylic acids is 1. The van der Waals surface area contributed by atoms with Gasteiger partial charge in [0.2, 0.25) is 0 Å². The molecule has 1 aliphatic rings. The number of allylic oxidation sites excluding steroid dienone is 2. The highest BCUT2D eigenvalue weighted by Gasteiger charge is 2.28. The van der Waals surface area contributed by atoms with E-state index in [2.05, 4.69) is 40.1 Å². The summed E-state index contributed by atoms with van der Waals surface area (Å²) in [6.07, 6.45) is 33.9. The number of aliphatic carboxylic acids is 1. The third kappa shape index (κ3) is 23.3. The molecule has 3 heteroatoms. The van der Waals surface area contributed by atoms with Crippen LogP contribution in [0, 0.1) is 0 Å². The highest BCUT2D eigenvalue weighted by molar-refractivity contribution is 5.64. The zero-order valence-electron chi connectivity index (χ0n) is 24.5. The van der Waals surface area contributed by atoms with Crippen LogP contribution in [0.15, 0.2) is 12.2 Å². The Morgan fingerprint density at radius 2 is 1.14 bits per heavy atom. The lowest BCUT2D eigenvalue weighted by Gasteiger charge is -2.40. The summed E-state index contributed by atoms with van der Waals surface area (Å²) in [6, 6.07) is 0.959. The molecule has 3 nitrogen and oxygen atoms in total. The number of hydrogen-bond acceptors (Lipinski definition) is 2. The molecule has 0 radical (unpaired) electrons. The van der Waals surface area contributed by atoms with Crippen molar-refractivity contribution in [2.24, 2.45) is 0 Å². The first kappa shape index (κ1) is 34.2. The Hall–Kier alpha value is -0.830. The minimum Gasteiger partial charge on any atom is -0.550 e. The average molecular weight is 494 g/mol. The van der Waals surface area contributed by atoms with Crippen LogP contribution < -0.4 is 5.11 Å². The van der Waals surface area contributed by atoms with Crippen LogP contribution in [-0.2, 0) is 4.79 Å². The molecule has 0 aromatic rings. The molecule has 0 amide bonds. The number of hydrogen-bond donors (Lipinski definition) is 0. The number of nitrogens with zero attached hydrogens (tertiary/aromatic N) is 1. The summed E-state index contributed by atoms with van der Waals surface area (Å²) in [4.78, 5) is 10.2. The number of carbonyl (C=O) groups is 1. The zero-order valence-corrected chi connectivity index (χ0v) is 24.5. The first-order valence-corrected chi connectivity index (χ1v) is 15.6. The fourth-order valence-electron chi connectivity index (χ4n) is 5.25. The van der Waals surface area contributed by atoms with E-state index in [1.54, 1.807) is 0 Å². The molecule has 0 heterocycles. The quantitative estimate of drug-likeness (QED) is 0.0910. The summed E-state index contributed by atoms with van der Waals surface area (Å²) in [5.41, 5.74) is 0. The van der Waals surface area contributed by atoms with Gasteiger partial charge in [0.05, 0.1) is 26.7 Å². The SMILES string of the molecule is CCCCCCCCC=CCCCCCCCC(=O)[O-].CCCCCC[N+](C)(C)C1CCCCC1. The standard InChI is InChI=1S/C18H34O2.C14H30N/c1-2-3-4-5-6-7-8-9-10-11-12-13-14-15-16-17-18(19)20;1-4-5-6-10-13-15(2,3)14-11-8-7-9-12-14/h9-10H,2-8,11-17H2,1H3,(H,19,20);14H,4-13H2,1-3H3/q;+1/p-1. The second kappa shape index (κ2) is 24.8. The van der Waals surface area contributed by atoms with Crippen LogP contribution in [0.1, 0.15) is 162 Å². The summed E-state index contributed by atoms with van der Waals surface area (Å²) < 4.78 is 1.28. The monoisotopic (exact) mass is 493 g/mol. The molecule has 0 atom stereocenters. The van der Waals surface area contributed by atoms with E-state index in [-0.39, 0.29) is 6.42 Å². The van der Waals surface area contributed by atoms with Gasteiger partial charge in [-0.3, -0.25) is 0 Å². The van der Waals surface area contributed by atoms with Crippen molar-refractivity contribution < 1.29 is 14.4 Å². The third-order valence-corrected chi connectivity index (χ3v) is 7.79. The Morgan fingerprint density at radius 1 is 0.686 bits per heavy atom. The number of rotatable bonds is 21. The van der Waals surface area contributed by atoms with Crippen molar-refractivity contribution in [1.29, 1.82) is 0 Å². The lowest BCUT2D eigenvalue weighted by molar-refractivity contribution is -0.916. The normalized spacial score (nSPS) is 14.7. The van der Waals surface area contributed by atoms with Gasteiger partial charge in [-0.25, -0.2) is 0 Å². The molecule has 208 valence electrons. The Morgan fingerprint density at radius 3 is 1.66 bits per heavy atom. The van der Waals surface area contributed by atoms with Gasteiger partial charge >= 0.3 is 0 Å². The Balaban J connectivity index is 0.000000686. The van der Waals surface area contributed by atoms with Crippen LogP contribution in [-0.4, -0.2) is 37.1 Å². The van der Waals surface area contributed by atoms with Crippen LogP contribution in [0.5, 0.6) is 0 Å². The smallest absolute Gasteiger partial charge is 0.0886 e. The molecule has 0 aromatic heterocycles. The maximum absolute atomic E-state index is 10.2. The Bertz CT molecular complexity index is 480. The van der Waals surface area contributed by atoms with Crippen molar-refractivity contribution in [2.75, 3.05) is 20.6 Å². The third-order valence-electron chi connectivity index (χ3n) is 7.79. The second-order valence-electron chi connectivity index (χ2n) is 11.6.